The Hall–Kier alpha value is -11.2. The van der Waals surface area contributed by atoms with Gasteiger partial charge in [0.15, 0.2) is 0 Å². The number of anilines is 12. The molecule has 4 heteroatoms. The third-order valence-electron chi connectivity index (χ3n) is 17.9. The van der Waals surface area contributed by atoms with Gasteiger partial charge in [0.25, 0.3) is 0 Å². The minimum absolute atomic E-state index is 0.873. The Balaban J connectivity index is 1.01. The largest absolute Gasteiger partial charge is 0.311 e. The molecule has 1 aliphatic rings. The van der Waals surface area contributed by atoms with E-state index in [-0.39, 0.29) is 0 Å². The van der Waals surface area contributed by atoms with Gasteiger partial charge in [-0.25, -0.2) is 0 Å². The molecule has 0 atom stereocenters. The molecule has 0 fully saturated rings. The first-order chi connectivity index (χ1) is 43.7. The van der Waals surface area contributed by atoms with Crippen LogP contribution < -0.4 is 19.6 Å². The first-order valence-corrected chi connectivity index (χ1v) is 30.8. The summed E-state index contributed by atoms with van der Waals surface area (Å²) in [6, 6.07) is 122. The third-order valence-corrected chi connectivity index (χ3v) is 17.9. The van der Waals surface area contributed by atoms with Crippen LogP contribution in [0.25, 0.3) is 32.7 Å². The summed E-state index contributed by atoms with van der Waals surface area (Å²) in [6.45, 7) is 8.61. The molecule has 426 valence electrons. The molecular weight excluding hydrogens is 1080 g/mol. The zero-order valence-electron chi connectivity index (χ0n) is 50.5. The van der Waals surface area contributed by atoms with Crippen molar-refractivity contribution in [3.8, 4) is 11.1 Å². The molecule has 15 rings (SSSR count). The fourth-order valence-electron chi connectivity index (χ4n) is 13.4. The normalized spacial score (nSPS) is 12.1. The highest BCUT2D eigenvalue weighted by Crippen LogP contribution is 2.59. The van der Waals surface area contributed by atoms with Gasteiger partial charge in [-0.05, 0) is 228 Å². The maximum Gasteiger partial charge on any atom is 0.0715 e. The van der Waals surface area contributed by atoms with Gasteiger partial charge in [0, 0.05) is 68.2 Å². The van der Waals surface area contributed by atoms with Crippen LogP contribution in [0.15, 0.2) is 328 Å². The maximum absolute atomic E-state index is 2.49. The molecular formula is C85H66N4. The molecule has 14 aromatic carbocycles. The van der Waals surface area contributed by atoms with Crippen LogP contribution in [0.1, 0.15) is 44.5 Å². The van der Waals surface area contributed by atoms with Crippen molar-refractivity contribution in [3.63, 3.8) is 0 Å². The topological polar surface area (TPSA) is 13.0 Å². The maximum atomic E-state index is 2.49. The Bertz CT molecular complexity index is 4440. The molecule has 0 aromatic heterocycles. The molecule has 0 saturated carbocycles. The van der Waals surface area contributed by atoms with Crippen molar-refractivity contribution in [2.45, 2.75) is 33.1 Å². The predicted molar refractivity (Wildman–Crippen MR) is 376 cm³/mol. The molecule has 0 spiro atoms. The molecule has 4 nitrogen and oxygen atoms in total. The molecule has 0 saturated heterocycles. The minimum Gasteiger partial charge on any atom is -0.311 e. The molecule has 0 bridgehead atoms. The van der Waals surface area contributed by atoms with Crippen molar-refractivity contribution >= 4 is 89.8 Å². The second-order valence-electron chi connectivity index (χ2n) is 23.7. The molecule has 89 heavy (non-hydrogen) atoms. The molecule has 0 aliphatic heterocycles. The SMILES string of the molecule is Cc1ccc(N(c2ccc(C)cc2)c2ccc(C3(c4ccc(N(c5ccc(C)cc5)c5ccc(C)cc5)cc4)c4cc(N(c5ccccc5)c5ccc6ccccc6c5)ccc4-c4ccc(N(c5ccccc5)c5ccc6ccccc6c5)cc43)cc2)cc1. The van der Waals surface area contributed by atoms with E-state index in [2.05, 4.69) is 375 Å². The lowest BCUT2D eigenvalue weighted by Crippen LogP contribution is -2.29. The Labute approximate surface area is 522 Å². The highest BCUT2D eigenvalue weighted by Gasteiger charge is 2.47. The molecule has 0 N–H and O–H groups in total. The van der Waals surface area contributed by atoms with Gasteiger partial charge in [-0.15, -0.1) is 0 Å². The number of rotatable bonds is 14. The van der Waals surface area contributed by atoms with Crippen molar-refractivity contribution in [1.29, 1.82) is 0 Å². The molecule has 0 unspecified atom stereocenters. The van der Waals surface area contributed by atoms with Crippen LogP contribution in [0.4, 0.5) is 68.2 Å². The van der Waals surface area contributed by atoms with Crippen LogP contribution >= 0.6 is 0 Å². The number of para-hydroxylation sites is 2. The third kappa shape index (κ3) is 10.0. The lowest BCUT2D eigenvalue weighted by Gasteiger charge is -2.36. The minimum atomic E-state index is -0.873. The molecule has 0 radical (unpaired) electrons. The van der Waals surface area contributed by atoms with Crippen molar-refractivity contribution in [2.24, 2.45) is 0 Å². The molecule has 1 aliphatic carbocycles. The van der Waals surface area contributed by atoms with E-state index in [1.54, 1.807) is 0 Å². The van der Waals surface area contributed by atoms with Crippen molar-refractivity contribution in [2.75, 3.05) is 19.6 Å². The lowest BCUT2D eigenvalue weighted by atomic mass is 9.67. The smallest absolute Gasteiger partial charge is 0.0715 e. The number of hydrogen-bond donors (Lipinski definition) is 0. The second kappa shape index (κ2) is 22.9. The highest BCUT2D eigenvalue weighted by molar-refractivity contribution is 5.95. The van der Waals surface area contributed by atoms with E-state index < -0.39 is 5.41 Å². The van der Waals surface area contributed by atoms with Gasteiger partial charge < -0.3 is 19.6 Å². The first kappa shape index (κ1) is 54.5. The Kier molecular flexibility index (Phi) is 14.0. The number of fused-ring (bicyclic) bond motifs is 5. The predicted octanol–water partition coefficient (Wildman–Crippen LogP) is 23.5. The summed E-state index contributed by atoms with van der Waals surface area (Å²) in [7, 11) is 0. The van der Waals surface area contributed by atoms with Crippen LogP contribution in [0.3, 0.4) is 0 Å². The van der Waals surface area contributed by atoms with Gasteiger partial charge in [-0.3, -0.25) is 0 Å². The summed E-state index contributed by atoms with van der Waals surface area (Å²) in [5, 5.41) is 4.78. The van der Waals surface area contributed by atoms with Crippen LogP contribution in [-0.4, -0.2) is 0 Å². The van der Waals surface area contributed by atoms with Gasteiger partial charge >= 0.3 is 0 Å². The van der Waals surface area contributed by atoms with E-state index in [9.17, 15) is 0 Å². The van der Waals surface area contributed by atoms with Gasteiger partial charge in [-0.1, -0.05) is 204 Å². The summed E-state index contributed by atoms with van der Waals surface area (Å²) in [6.07, 6.45) is 0. The highest BCUT2D eigenvalue weighted by atomic mass is 15.2. The van der Waals surface area contributed by atoms with Crippen LogP contribution in [0, 0.1) is 27.7 Å². The summed E-state index contributed by atoms with van der Waals surface area (Å²) >= 11 is 0. The fourth-order valence-corrected chi connectivity index (χ4v) is 13.4. The van der Waals surface area contributed by atoms with E-state index in [1.165, 1.54) is 66.1 Å². The van der Waals surface area contributed by atoms with Crippen molar-refractivity contribution < 1.29 is 0 Å². The molecule has 0 heterocycles. The van der Waals surface area contributed by atoms with Gasteiger partial charge in [0.1, 0.15) is 0 Å². The number of nitrogens with zero attached hydrogens (tertiary/aromatic N) is 4. The van der Waals surface area contributed by atoms with Gasteiger partial charge in [0.05, 0.1) is 5.41 Å². The number of hydrogen-bond acceptors (Lipinski definition) is 4. The molecule has 0 amide bonds. The average molecular weight is 1140 g/mol. The quantitative estimate of drug-likeness (QED) is 0.108. The van der Waals surface area contributed by atoms with E-state index in [0.717, 1.165) is 79.4 Å². The van der Waals surface area contributed by atoms with E-state index in [1.807, 2.05) is 0 Å². The number of aryl methyl sites for hydroxylation is 4. The van der Waals surface area contributed by atoms with E-state index in [4.69, 9.17) is 0 Å². The zero-order chi connectivity index (χ0) is 60.0. The van der Waals surface area contributed by atoms with Gasteiger partial charge in [0.2, 0.25) is 0 Å². The zero-order valence-corrected chi connectivity index (χ0v) is 50.5. The van der Waals surface area contributed by atoms with E-state index in [0.29, 0.717) is 0 Å². The van der Waals surface area contributed by atoms with Crippen LogP contribution in [0.5, 0.6) is 0 Å². The molecule has 14 aromatic rings. The first-order valence-electron chi connectivity index (χ1n) is 30.8. The van der Waals surface area contributed by atoms with Crippen LogP contribution in [-0.2, 0) is 5.41 Å². The lowest BCUT2D eigenvalue weighted by molar-refractivity contribution is 0.768. The Morgan fingerprint density at radius 2 is 0.427 bits per heavy atom. The summed E-state index contributed by atoms with van der Waals surface area (Å²) < 4.78 is 0. The summed E-state index contributed by atoms with van der Waals surface area (Å²) in [5.74, 6) is 0. The second-order valence-corrected chi connectivity index (χ2v) is 23.7. The Morgan fingerprint density at radius 3 is 0.753 bits per heavy atom. The van der Waals surface area contributed by atoms with Crippen molar-refractivity contribution in [1.82, 2.24) is 0 Å². The van der Waals surface area contributed by atoms with Crippen LogP contribution in [0.2, 0.25) is 0 Å². The van der Waals surface area contributed by atoms with Gasteiger partial charge in [-0.2, -0.15) is 0 Å². The monoisotopic (exact) mass is 1140 g/mol. The Morgan fingerprint density at radius 1 is 0.191 bits per heavy atom. The fraction of sp³-hybridized carbons (Fsp3) is 0.0588. The standard InChI is InChI=1S/C85H66N4/c1-59-23-37-71(38-24-59)86(72-39-25-60(2)26-40-72)75-47-33-67(34-48-75)85(68-35-49-76(50-36-68)87(73-41-27-61(3)28-42-73)74-43-29-62(4)30-44-74)83-57-79(88(69-19-7-5-8-20-69)77-45-31-63-15-11-13-17-65(63)55-77)51-53-81(83)82-54-52-80(58-84(82)85)89(70-21-9-6-10-22-70)78-46-32-64-16-12-14-18-66(64)56-78/h5-58H,1-4H3. The summed E-state index contributed by atoms with van der Waals surface area (Å²) in [4.78, 5) is 9.61. The summed E-state index contributed by atoms with van der Waals surface area (Å²) in [5.41, 5.74) is 24.1. The van der Waals surface area contributed by atoms with Crippen molar-refractivity contribution in [3.05, 3.63) is 372 Å². The van der Waals surface area contributed by atoms with E-state index >= 15 is 0 Å². The number of benzene rings is 14. The average Bonchev–Trinajstić information content (AvgIpc) is 1.68.